The highest BCUT2D eigenvalue weighted by Crippen LogP contribution is 2.32. The van der Waals surface area contributed by atoms with E-state index in [1.54, 1.807) is 6.08 Å². The molecule has 0 radical (unpaired) electrons. The van der Waals surface area contributed by atoms with Gasteiger partial charge in [-0.25, -0.2) is 4.79 Å². The average Bonchev–Trinajstić information content (AvgIpc) is 2.58. The van der Waals surface area contributed by atoms with Gasteiger partial charge in [-0.15, -0.1) is 0 Å². The van der Waals surface area contributed by atoms with Crippen LogP contribution < -0.4 is 9.47 Å². The Morgan fingerprint density at radius 3 is 2.31 bits per heavy atom. The minimum Gasteiger partial charge on any atom is -0.490 e. The van der Waals surface area contributed by atoms with Crippen LogP contribution in [0.25, 0.3) is 6.08 Å². The molecule has 0 bridgehead atoms. The third kappa shape index (κ3) is 5.96. The number of aryl methyl sites for hydroxylation is 1. The average molecular weight is 354 g/mol. The lowest BCUT2D eigenvalue weighted by Crippen LogP contribution is -2.16. The summed E-state index contributed by atoms with van der Waals surface area (Å²) >= 11 is 0. The summed E-state index contributed by atoms with van der Waals surface area (Å²) in [7, 11) is 0. The van der Waals surface area contributed by atoms with Crippen molar-refractivity contribution in [1.29, 1.82) is 0 Å². The number of hydrogen-bond donors (Lipinski definition) is 1. The molecule has 4 heteroatoms. The number of aliphatic carboxylic acids is 1. The summed E-state index contributed by atoms with van der Waals surface area (Å²) in [6.07, 6.45) is 2.65. The van der Waals surface area contributed by atoms with Crippen LogP contribution in [-0.4, -0.2) is 24.3 Å². The minimum atomic E-state index is -0.965. The highest BCUT2D eigenvalue weighted by molar-refractivity contribution is 5.85. The van der Waals surface area contributed by atoms with Crippen LogP contribution >= 0.6 is 0 Å². The van der Waals surface area contributed by atoms with E-state index in [1.165, 1.54) is 11.1 Å². The smallest absolute Gasteiger partial charge is 0.328 e. The monoisotopic (exact) mass is 354 g/mol. The number of carbonyl (C=O) groups is 1. The normalized spacial score (nSPS) is 11.5. The summed E-state index contributed by atoms with van der Waals surface area (Å²) in [6, 6.07) is 13.5. The van der Waals surface area contributed by atoms with Crippen molar-refractivity contribution < 1.29 is 19.4 Å². The third-order valence-electron chi connectivity index (χ3n) is 3.85. The van der Waals surface area contributed by atoms with Gasteiger partial charge in [0.25, 0.3) is 0 Å². The predicted octanol–water partition coefficient (Wildman–Crippen LogP) is 4.85. The second kappa shape index (κ2) is 8.56. The largest absolute Gasteiger partial charge is 0.490 e. The molecule has 1 N–H and O–H groups in total. The summed E-state index contributed by atoms with van der Waals surface area (Å²) in [6.45, 7) is 9.48. The Balaban J connectivity index is 1.89. The lowest BCUT2D eigenvalue weighted by molar-refractivity contribution is -0.131. The molecule has 0 aromatic heterocycles. The van der Waals surface area contributed by atoms with E-state index in [4.69, 9.17) is 14.6 Å². The molecule has 0 aliphatic rings. The molecule has 2 aromatic rings. The Bertz CT molecular complexity index is 768. The second-order valence-electron chi connectivity index (χ2n) is 7.19. The van der Waals surface area contributed by atoms with Crippen molar-refractivity contribution in [1.82, 2.24) is 0 Å². The summed E-state index contributed by atoms with van der Waals surface area (Å²) in [4.78, 5) is 10.5. The van der Waals surface area contributed by atoms with E-state index in [2.05, 4.69) is 39.8 Å². The molecule has 0 spiro atoms. The van der Waals surface area contributed by atoms with E-state index in [0.717, 1.165) is 23.1 Å². The first-order valence-electron chi connectivity index (χ1n) is 8.63. The third-order valence-corrected chi connectivity index (χ3v) is 3.85. The molecule has 0 heterocycles. The molecular weight excluding hydrogens is 328 g/mol. The summed E-state index contributed by atoms with van der Waals surface area (Å²) in [5.74, 6) is 0.648. The maximum atomic E-state index is 10.5. The molecule has 26 heavy (non-hydrogen) atoms. The topological polar surface area (TPSA) is 55.8 Å². The van der Waals surface area contributed by atoms with Crippen molar-refractivity contribution in [2.45, 2.75) is 33.1 Å². The van der Waals surface area contributed by atoms with Gasteiger partial charge in [0.15, 0.2) is 0 Å². The Kier molecular flexibility index (Phi) is 6.45. The van der Waals surface area contributed by atoms with Crippen molar-refractivity contribution >= 4 is 12.0 Å². The fourth-order valence-electron chi connectivity index (χ4n) is 2.51. The number of carboxylic acid groups (broad SMARTS) is 1. The molecular formula is C22H26O4. The Labute approximate surface area is 155 Å². The predicted molar refractivity (Wildman–Crippen MR) is 104 cm³/mol. The number of hydrogen-bond acceptors (Lipinski definition) is 3. The van der Waals surface area contributed by atoms with Crippen LogP contribution in [0.2, 0.25) is 0 Å². The SMILES string of the molecule is Cc1ccc(OCCOc2ccc(/C=C/C(=O)O)cc2)c(C(C)(C)C)c1. The van der Waals surface area contributed by atoms with E-state index in [-0.39, 0.29) is 5.41 Å². The summed E-state index contributed by atoms with van der Waals surface area (Å²) < 4.78 is 11.6. The van der Waals surface area contributed by atoms with Gasteiger partial charge in [0.05, 0.1) is 0 Å². The zero-order valence-electron chi connectivity index (χ0n) is 15.8. The number of rotatable bonds is 7. The molecule has 0 fully saturated rings. The fourth-order valence-corrected chi connectivity index (χ4v) is 2.51. The van der Waals surface area contributed by atoms with Crippen LogP contribution in [0.1, 0.15) is 37.5 Å². The Morgan fingerprint density at radius 2 is 1.69 bits per heavy atom. The summed E-state index contributed by atoms with van der Waals surface area (Å²) in [5, 5.41) is 8.63. The zero-order chi connectivity index (χ0) is 19.2. The van der Waals surface area contributed by atoms with Crippen molar-refractivity contribution in [3.05, 3.63) is 65.2 Å². The van der Waals surface area contributed by atoms with Crippen molar-refractivity contribution in [2.24, 2.45) is 0 Å². The molecule has 0 saturated heterocycles. The minimum absolute atomic E-state index is 0.0154. The van der Waals surface area contributed by atoms with Gasteiger partial charge < -0.3 is 14.6 Å². The zero-order valence-corrected chi connectivity index (χ0v) is 15.8. The van der Waals surface area contributed by atoms with Gasteiger partial charge in [-0.1, -0.05) is 50.6 Å². The van der Waals surface area contributed by atoms with Gasteiger partial charge in [-0.05, 0) is 47.7 Å². The quantitative estimate of drug-likeness (QED) is 0.570. The van der Waals surface area contributed by atoms with E-state index in [1.807, 2.05) is 30.3 Å². The molecule has 138 valence electrons. The first-order valence-corrected chi connectivity index (χ1v) is 8.63. The van der Waals surface area contributed by atoms with Gasteiger partial charge in [0.2, 0.25) is 0 Å². The first kappa shape index (κ1) is 19.6. The highest BCUT2D eigenvalue weighted by Gasteiger charge is 2.19. The molecule has 0 aliphatic heterocycles. The number of ether oxygens (including phenoxy) is 2. The molecule has 0 aliphatic carbocycles. The fraction of sp³-hybridized carbons (Fsp3) is 0.318. The maximum Gasteiger partial charge on any atom is 0.328 e. The van der Waals surface area contributed by atoms with Gasteiger partial charge in [0, 0.05) is 6.08 Å². The number of carboxylic acids is 1. The molecule has 0 saturated carbocycles. The first-order chi connectivity index (χ1) is 12.3. The van der Waals surface area contributed by atoms with Gasteiger partial charge in [0.1, 0.15) is 24.7 Å². The lowest BCUT2D eigenvalue weighted by atomic mass is 9.85. The Hall–Kier alpha value is -2.75. The van der Waals surface area contributed by atoms with E-state index in [0.29, 0.717) is 13.2 Å². The molecule has 4 nitrogen and oxygen atoms in total. The van der Waals surface area contributed by atoms with Crippen LogP contribution in [0.3, 0.4) is 0 Å². The van der Waals surface area contributed by atoms with E-state index in [9.17, 15) is 4.79 Å². The lowest BCUT2D eigenvalue weighted by Gasteiger charge is -2.23. The number of benzene rings is 2. The van der Waals surface area contributed by atoms with Crippen molar-refractivity contribution in [2.75, 3.05) is 13.2 Å². The van der Waals surface area contributed by atoms with E-state index >= 15 is 0 Å². The highest BCUT2D eigenvalue weighted by atomic mass is 16.5. The van der Waals surface area contributed by atoms with Crippen LogP contribution in [0.15, 0.2) is 48.5 Å². The van der Waals surface area contributed by atoms with Crippen molar-refractivity contribution in [3.63, 3.8) is 0 Å². The summed E-state index contributed by atoms with van der Waals surface area (Å²) in [5.41, 5.74) is 3.23. The standard InChI is InChI=1S/C22H26O4/c1-16-5-11-20(19(15-16)22(2,3)4)26-14-13-25-18-9-6-17(7-10-18)8-12-21(23)24/h5-12,15H,13-14H2,1-4H3,(H,23,24)/b12-8+. The van der Waals surface area contributed by atoms with Crippen LogP contribution in [0.4, 0.5) is 0 Å². The van der Waals surface area contributed by atoms with Gasteiger partial charge >= 0.3 is 5.97 Å². The van der Waals surface area contributed by atoms with Crippen LogP contribution in [0.5, 0.6) is 11.5 Å². The molecule has 0 atom stereocenters. The van der Waals surface area contributed by atoms with E-state index < -0.39 is 5.97 Å². The molecule has 0 unspecified atom stereocenters. The molecule has 2 rings (SSSR count). The maximum absolute atomic E-state index is 10.5. The molecule has 0 amide bonds. The molecule has 2 aromatic carbocycles. The van der Waals surface area contributed by atoms with Gasteiger partial charge in [-0.3, -0.25) is 0 Å². The van der Waals surface area contributed by atoms with Crippen molar-refractivity contribution in [3.8, 4) is 11.5 Å². The van der Waals surface area contributed by atoms with Crippen LogP contribution in [-0.2, 0) is 10.2 Å². The second-order valence-corrected chi connectivity index (χ2v) is 7.19. The van der Waals surface area contributed by atoms with Crippen LogP contribution in [0, 0.1) is 6.92 Å². The Morgan fingerprint density at radius 1 is 1.04 bits per heavy atom. The van der Waals surface area contributed by atoms with Gasteiger partial charge in [-0.2, -0.15) is 0 Å².